The predicted octanol–water partition coefficient (Wildman–Crippen LogP) is 3.26. The van der Waals surface area contributed by atoms with Gasteiger partial charge in [0, 0.05) is 5.38 Å². The van der Waals surface area contributed by atoms with E-state index in [1.165, 1.54) is 11.1 Å². The number of benzene rings is 1. The summed E-state index contributed by atoms with van der Waals surface area (Å²) in [5, 5.41) is 6.61. The smallest absolute Gasteiger partial charge is 0.0898 e. The van der Waals surface area contributed by atoms with Crippen LogP contribution in [0.25, 0.3) is 0 Å². The highest BCUT2D eigenvalue weighted by molar-refractivity contribution is 7.09. The van der Waals surface area contributed by atoms with Crippen LogP contribution in [0, 0.1) is 13.8 Å². The molecule has 1 aromatic carbocycles. The summed E-state index contributed by atoms with van der Waals surface area (Å²) in [5.41, 5.74) is 3.80. The summed E-state index contributed by atoms with van der Waals surface area (Å²) in [7, 11) is 1.99. The van der Waals surface area contributed by atoms with Gasteiger partial charge < -0.3 is 5.32 Å². The zero-order valence-corrected chi connectivity index (χ0v) is 11.3. The molecule has 0 radical (unpaired) electrons. The molecule has 0 aliphatic carbocycles. The van der Waals surface area contributed by atoms with Crippen LogP contribution in [0.3, 0.4) is 0 Å². The molecule has 0 aliphatic heterocycles. The first-order valence-electron chi connectivity index (χ1n) is 5.84. The molecule has 1 atom stereocenters. The minimum absolute atomic E-state index is 0.308. The fraction of sp³-hybridized carbons (Fsp3) is 0.357. The molecule has 2 rings (SSSR count). The molecule has 90 valence electrons. The molecule has 0 aliphatic rings. The molecule has 0 bridgehead atoms. The lowest BCUT2D eigenvalue weighted by Gasteiger charge is -2.14. The van der Waals surface area contributed by atoms with Crippen molar-refractivity contribution < 1.29 is 0 Å². The van der Waals surface area contributed by atoms with Crippen molar-refractivity contribution in [3.63, 3.8) is 0 Å². The second kappa shape index (κ2) is 5.43. The Balaban J connectivity index is 2.12. The highest BCUT2D eigenvalue weighted by Gasteiger charge is 2.12. The van der Waals surface area contributed by atoms with Crippen LogP contribution in [0.4, 0.5) is 0 Å². The normalized spacial score (nSPS) is 12.6. The summed E-state index contributed by atoms with van der Waals surface area (Å²) in [5.74, 6) is 0. The molecule has 1 aromatic heterocycles. The van der Waals surface area contributed by atoms with Crippen molar-refractivity contribution in [2.24, 2.45) is 0 Å². The molecular formula is C14H18N2S. The fourth-order valence-corrected chi connectivity index (χ4v) is 2.52. The molecule has 0 saturated carbocycles. The molecule has 2 aromatic rings. The average molecular weight is 246 g/mol. The van der Waals surface area contributed by atoms with E-state index in [2.05, 4.69) is 46.9 Å². The highest BCUT2D eigenvalue weighted by atomic mass is 32.1. The molecule has 2 nitrogen and oxygen atoms in total. The zero-order valence-electron chi connectivity index (χ0n) is 10.5. The summed E-state index contributed by atoms with van der Waals surface area (Å²) in [4.78, 5) is 4.55. The number of aryl methyl sites for hydroxylation is 2. The van der Waals surface area contributed by atoms with E-state index < -0.39 is 0 Å². The minimum atomic E-state index is 0.308. The van der Waals surface area contributed by atoms with Crippen LogP contribution in [-0.4, -0.2) is 12.0 Å². The Kier molecular flexibility index (Phi) is 3.92. The van der Waals surface area contributed by atoms with Crippen LogP contribution in [0.2, 0.25) is 0 Å². The first-order valence-corrected chi connectivity index (χ1v) is 6.72. The summed E-state index contributed by atoms with van der Waals surface area (Å²) in [6, 6.07) is 9.02. The second-order valence-corrected chi connectivity index (χ2v) is 5.38. The lowest BCUT2D eigenvalue weighted by atomic mass is 10.0. The lowest BCUT2D eigenvalue weighted by molar-refractivity contribution is 0.578. The van der Waals surface area contributed by atoms with Crippen LogP contribution in [0.5, 0.6) is 0 Å². The van der Waals surface area contributed by atoms with Crippen LogP contribution < -0.4 is 5.32 Å². The van der Waals surface area contributed by atoms with E-state index in [4.69, 9.17) is 0 Å². The van der Waals surface area contributed by atoms with E-state index in [-0.39, 0.29) is 0 Å². The summed E-state index contributed by atoms with van der Waals surface area (Å²) in [6.45, 7) is 4.16. The summed E-state index contributed by atoms with van der Waals surface area (Å²) in [6.07, 6.45) is 0.986. The van der Waals surface area contributed by atoms with Crippen LogP contribution in [-0.2, 0) is 6.42 Å². The van der Waals surface area contributed by atoms with Gasteiger partial charge in [-0.2, -0.15) is 0 Å². The number of thiazole rings is 1. The van der Waals surface area contributed by atoms with E-state index in [0.29, 0.717) is 6.04 Å². The Labute approximate surface area is 107 Å². The van der Waals surface area contributed by atoms with Gasteiger partial charge in [0.15, 0.2) is 0 Å². The third-order valence-corrected chi connectivity index (χ3v) is 3.69. The third-order valence-electron chi connectivity index (χ3n) is 2.90. The topological polar surface area (TPSA) is 24.9 Å². The number of hydrogen-bond acceptors (Lipinski definition) is 3. The molecule has 0 spiro atoms. The first kappa shape index (κ1) is 12.3. The van der Waals surface area contributed by atoms with Gasteiger partial charge in [0.25, 0.3) is 0 Å². The lowest BCUT2D eigenvalue weighted by Crippen LogP contribution is -2.19. The van der Waals surface area contributed by atoms with Crippen molar-refractivity contribution in [1.82, 2.24) is 10.3 Å². The van der Waals surface area contributed by atoms with Gasteiger partial charge in [0.2, 0.25) is 0 Å². The van der Waals surface area contributed by atoms with Gasteiger partial charge in [0.1, 0.15) is 0 Å². The van der Waals surface area contributed by atoms with Crippen molar-refractivity contribution in [3.05, 3.63) is 51.5 Å². The SMILES string of the molecule is CNC(Cc1ccc(C)cc1)c1csc(C)n1. The van der Waals surface area contributed by atoms with Gasteiger partial charge in [-0.3, -0.25) is 0 Å². The first-order chi connectivity index (χ1) is 8.19. The van der Waals surface area contributed by atoms with Gasteiger partial charge in [-0.25, -0.2) is 4.98 Å². The van der Waals surface area contributed by atoms with Crippen LogP contribution >= 0.6 is 11.3 Å². The Morgan fingerprint density at radius 1 is 1.24 bits per heavy atom. The molecule has 1 N–H and O–H groups in total. The number of nitrogens with one attached hydrogen (secondary N) is 1. The Morgan fingerprint density at radius 2 is 1.94 bits per heavy atom. The molecule has 0 saturated heterocycles. The number of rotatable bonds is 4. The minimum Gasteiger partial charge on any atom is -0.311 e. The predicted molar refractivity (Wildman–Crippen MR) is 73.5 cm³/mol. The van der Waals surface area contributed by atoms with E-state index in [1.807, 2.05) is 14.0 Å². The number of nitrogens with zero attached hydrogens (tertiary/aromatic N) is 1. The van der Waals surface area contributed by atoms with Crippen LogP contribution in [0.1, 0.15) is 27.9 Å². The fourth-order valence-electron chi connectivity index (χ4n) is 1.85. The van der Waals surface area contributed by atoms with E-state index >= 15 is 0 Å². The Morgan fingerprint density at radius 3 is 2.47 bits per heavy atom. The molecular weight excluding hydrogens is 228 g/mol. The largest absolute Gasteiger partial charge is 0.311 e. The van der Waals surface area contributed by atoms with Gasteiger partial charge in [-0.05, 0) is 32.9 Å². The third kappa shape index (κ3) is 3.14. The molecule has 3 heteroatoms. The van der Waals surface area contributed by atoms with Gasteiger partial charge in [-0.1, -0.05) is 29.8 Å². The maximum Gasteiger partial charge on any atom is 0.0898 e. The molecule has 0 fully saturated rings. The summed E-state index contributed by atoms with van der Waals surface area (Å²) < 4.78 is 0. The highest BCUT2D eigenvalue weighted by Crippen LogP contribution is 2.20. The maximum atomic E-state index is 4.55. The molecule has 17 heavy (non-hydrogen) atoms. The van der Waals surface area contributed by atoms with E-state index in [1.54, 1.807) is 11.3 Å². The van der Waals surface area contributed by atoms with Gasteiger partial charge >= 0.3 is 0 Å². The molecule has 0 amide bonds. The quantitative estimate of drug-likeness (QED) is 0.895. The van der Waals surface area contributed by atoms with Crippen molar-refractivity contribution in [3.8, 4) is 0 Å². The number of likely N-dealkylation sites (N-methyl/N-ethyl adjacent to an activating group) is 1. The molecule has 1 unspecified atom stereocenters. The van der Waals surface area contributed by atoms with Crippen LogP contribution in [0.15, 0.2) is 29.6 Å². The van der Waals surface area contributed by atoms with E-state index in [0.717, 1.165) is 17.1 Å². The van der Waals surface area contributed by atoms with Crippen molar-refractivity contribution in [1.29, 1.82) is 0 Å². The van der Waals surface area contributed by atoms with Gasteiger partial charge in [0.05, 0.1) is 16.7 Å². The number of hydrogen-bond donors (Lipinski definition) is 1. The monoisotopic (exact) mass is 246 g/mol. The molecule has 1 heterocycles. The standard InChI is InChI=1S/C14H18N2S/c1-10-4-6-12(7-5-10)8-13(15-3)14-9-17-11(2)16-14/h4-7,9,13,15H,8H2,1-3H3. The van der Waals surface area contributed by atoms with Crippen molar-refractivity contribution >= 4 is 11.3 Å². The van der Waals surface area contributed by atoms with Gasteiger partial charge in [-0.15, -0.1) is 11.3 Å². The zero-order chi connectivity index (χ0) is 12.3. The second-order valence-electron chi connectivity index (χ2n) is 4.32. The Hall–Kier alpha value is -1.19. The van der Waals surface area contributed by atoms with E-state index in [9.17, 15) is 0 Å². The van der Waals surface area contributed by atoms with Crippen molar-refractivity contribution in [2.45, 2.75) is 26.3 Å². The average Bonchev–Trinajstić information content (AvgIpc) is 2.75. The van der Waals surface area contributed by atoms with Crippen molar-refractivity contribution in [2.75, 3.05) is 7.05 Å². The Bertz CT molecular complexity index is 473. The maximum absolute atomic E-state index is 4.55. The summed E-state index contributed by atoms with van der Waals surface area (Å²) >= 11 is 1.71. The number of aromatic nitrogens is 1.